The van der Waals surface area contributed by atoms with E-state index in [1.807, 2.05) is 6.07 Å². The van der Waals surface area contributed by atoms with Gasteiger partial charge in [-0.2, -0.15) is 0 Å². The Balaban J connectivity index is 1.75. The van der Waals surface area contributed by atoms with Gasteiger partial charge < -0.3 is 25.4 Å². The van der Waals surface area contributed by atoms with E-state index in [9.17, 15) is 14.4 Å². The van der Waals surface area contributed by atoms with Gasteiger partial charge in [-0.05, 0) is 31.2 Å². The van der Waals surface area contributed by atoms with Crippen molar-refractivity contribution >= 4 is 29.3 Å². The summed E-state index contributed by atoms with van der Waals surface area (Å²) in [5.74, 6) is -0.636. The van der Waals surface area contributed by atoms with Crippen molar-refractivity contribution in [3.8, 4) is 5.75 Å². The van der Waals surface area contributed by atoms with Crippen molar-refractivity contribution in [3.63, 3.8) is 0 Å². The lowest BCUT2D eigenvalue weighted by Gasteiger charge is -2.14. The van der Waals surface area contributed by atoms with Crippen molar-refractivity contribution in [2.45, 2.75) is 13.0 Å². The molecule has 0 unspecified atom stereocenters. The molecule has 0 fully saturated rings. The SMILES string of the molecule is COc1cccc(NC(=O)COC(=O)[C@H](C)NC(=O)Nc2ccccc2)c1. The Hall–Kier alpha value is -3.55. The maximum absolute atomic E-state index is 11.9. The van der Waals surface area contributed by atoms with Crippen molar-refractivity contribution in [1.82, 2.24) is 5.32 Å². The van der Waals surface area contributed by atoms with Gasteiger partial charge in [-0.15, -0.1) is 0 Å². The van der Waals surface area contributed by atoms with Crippen LogP contribution >= 0.6 is 0 Å². The minimum Gasteiger partial charge on any atom is -0.497 e. The second-order valence-corrected chi connectivity index (χ2v) is 5.57. The molecule has 8 nitrogen and oxygen atoms in total. The Kier molecular flexibility index (Phi) is 7.18. The Morgan fingerprint density at radius 3 is 2.37 bits per heavy atom. The quantitative estimate of drug-likeness (QED) is 0.648. The van der Waals surface area contributed by atoms with Crippen molar-refractivity contribution in [1.29, 1.82) is 0 Å². The molecule has 0 saturated heterocycles. The minimum absolute atomic E-state index is 0.470. The Labute approximate surface area is 156 Å². The summed E-state index contributed by atoms with van der Waals surface area (Å²) in [5.41, 5.74) is 1.11. The van der Waals surface area contributed by atoms with Crippen LogP contribution in [0.1, 0.15) is 6.92 Å². The molecule has 2 aromatic carbocycles. The van der Waals surface area contributed by atoms with Gasteiger partial charge in [0.05, 0.1) is 7.11 Å². The van der Waals surface area contributed by atoms with Crippen LogP contribution in [0.25, 0.3) is 0 Å². The standard InChI is InChI=1S/C19H21N3O5/c1-13(20-19(25)22-14-7-4-3-5-8-14)18(24)27-12-17(23)21-15-9-6-10-16(11-15)26-2/h3-11,13H,12H2,1-2H3,(H,21,23)(H2,20,22,25)/t13-/m0/s1. The molecule has 1 atom stereocenters. The second-order valence-electron chi connectivity index (χ2n) is 5.57. The van der Waals surface area contributed by atoms with Crippen molar-refractivity contribution in [2.24, 2.45) is 0 Å². The number of carbonyl (C=O) groups is 3. The summed E-state index contributed by atoms with van der Waals surface area (Å²) in [7, 11) is 1.52. The molecule has 3 amide bonds. The van der Waals surface area contributed by atoms with Gasteiger partial charge in [0.2, 0.25) is 0 Å². The predicted molar refractivity (Wildman–Crippen MR) is 101 cm³/mol. The van der Waals surface area contributed by atoms with E-state index < -0.39 is 30.6 Å². The first kappa shape index (κ1) is 19.8. The van der Waals surface area contributed by atoms with Crippen LogP contribution in [0.2, 0.25) is 0 Å². The summed E-state index contributed by atoms with van der Waals surface area (Å²) in [5, 5.41) is 7.62. The molecule has 142 valence electrons. The number of rotatable bonds is 7. The first-order valence-electron chi connectivity index (χ1n) is 8.21. The molecule has 0 aliphatic rings. The molecule has 0 aromatic heterocycles. The number of esters is 1. The van der Waals surface area contributed by atoms with Gasteiger partial charge in [-0.3, -0.25) is 4.79 Å². The average Bonchev–Trinajstić information content (AvgIpc) is 2.66. The van der Waals surface area contributed by atoms with Crippen molar-refractivity contribution < 1.29 is 23.9 Å². The smallest absolute Gasteiger partial charge is 0.328 e. The van der Waals surface area contributed by atoms with Gasteiger partial charge in [0.1, 0.15) is 11.8 Å². The normalized spacial score (nSPS) is 11.0. The number of benzene rings is 2. The van der Waals surface area contributed by atoms with E-state index >= 15 is 0 Å². The molecule has 2 aromatic rings. The molecule has 0 aliphatic heterocycles. The van der Waals surface area contributed by atoms with Gasteiger partial charge in [0.25, 0.3) is 5.91 Å². The number of amides is 3. The third-order valence-corrected chi connectivity index (χ3v) is 3.43. The van der Waals surface area contributed by atoms with Crippen LogP contribution in [-0.2, 0) is 14.3 Å². The van der Waals surface area contributed by atoms with Crippen LogP contribution < -0.4 is 20.7 Å². The summed E-state index contributed by atoms with van der Waals surface area (Å²) < 4.78 is 9.98. The van der Waals surface area contributed by atoms with Crippen molar-refractivity contribution in [2.75, 3.05) is 24.4 Å². The number of ether oxygens (including phenoxy) is 2. The van der Waals surface area contributed by atoms with E-state index in [2.05, 4.69) is 16.0 Å². The number of nitrogens with one attached hydrogen (secondary N) is 3. The van der Waals surface area contributed by atoms with E-state index in [4.69, 9.17) is 9.47 Å². The molecule has 0 heterocycles. The third-order valence-electron chi connectivity index (χ3n) is 3.43. The Morgan fingerprint density at radius 1 is 0.963 bits per heavy atom. The minimum atomic E-state index is -0.918. The largest absolute Gasteiger partial charge is 0.497 e. The molecule has 0 aliphatic carbocycles. The first-order chi connectivity index (χ1) is 13.0. The van der Waals surface area contributed by atoms with Crippen LogP contribution in [0.5, 0.6) is 5.75 Å². The highest BCUT2D eigenvalue weighted by atomic mass is 16.5. The Morgan fingerprint density at radius 2 is 1.67 bits per heavy atom. The van der Waals surface area contributed by atoms with Gasteiger partial charge >= 0.3 is 12.0 Å². The number of para-hydroxylation sites is 1. The number of carbonyl (C=O) groups excluding carboxylic acids is 3. The van der Waals surface area contributed by atoms with Gasteiger partial charge in [0.15, 0.2) is 6.61 Å². The fraction of sp³-hybridized carbons (Fsp3) is 0.211. The van der Waals surface area contributed by atoms with Crippen LogP contribution in [0.3, 0.4) is 0 Å². The lowest BCUT2D eigenvalue weighted by atomic mass is 10.3. The molecule has 0 radical (unpaired) electrons. The summed E-state index contributed by atoms with van der Waals surface area (Å²) >= 11 is 0. The maximum Gasteiger partial charge on any atom is 0.328 e. The van der Waals surface area contributed by atoms with Crippen LogP contribution in [0, 0.1) is 0 Å². The number of anilines is 2. The van der Waals surface area contributed by atoms with E-state index in [1.165, 1.54) is 14.0 Å². The fourth-order valence-corrected chi connectivity index (χ4v) is 2.10. The highest BCUT2D eigenvalue weighted by Crippen LogP contribution is 2.16. The molecular formula is C19H21N3O5. The van der Waals surface area contributed by atoms with E-state index in [0.717, 1.165) is 0 Å². The topological polar surface area (TPSA) is 106 Å². The molecule has 8 heteroatoms. The Bertz CT molecular complexity index is 795. The molecule has 27 heavy (non-hydrogen) atoms. The van der Waals surface area contributed by atoms with Gasteiger partial charge in [-0.1, -0.05) is 24.3 Å². The van der Waals surface area contributed by atoms with Gasteiger partial charge in [-0.25, -0.2) is 9.59 Å². The maximum atomic E-state index is 11.9. The molecule has 0 saturated carbocycles. The zero-order valence-electron chi connectivity index (χ0n) is 15.0. The molecule has 0 bridgehead atoms. The number of hydrogen-bond donors (Lipinski definition) is 3. The number of methoxy groups -OCH3 is 1. The lowest BCUT2D eigenvalue weighted by Crippen LogP contribution is -2.42. The number of hydrogen-bond acceptors (Lipinski definition) is 5. The zero-order valence-corrected chi connectivity index (χ0v) is 15.0. The van der Waals surface area contributed by atoms with Crippen molar-refractivity contribution in [3.05, 3.63) is 54.6 Å². The summed E-state index contributed by atoms with van der Waals surface area (Å²) in [6.45, 7) is 0.995. The summed E-state index contributed by atoms with van der Waals surface area (Å²) in [6.07, 6.45) is 0. The molecular weight excluding hydrogens is 350 g/mol. The average molecular weight is 371 g/mol. The highest BCUT2D eigenvalue weighted by Gasteiger charge is 2.18. The predicted octanol–water partition coefficient (Wildman–Crippen LogP) is 2.39. The monoisotopic (exact) mass is 371 g/mol. The lowest BCUT2D eigenvalue weighted by molar-refractivity contribution is -0.148. The molecule has 3 N–H and O–H groups in total. The highest BCUT2D eigenvalue weighted by molar-refractivity contribution is 5.95. The van der Waals surface area contributed by atoms with Crippen LogP contribution in [0.4, 0.5) is 16.2 Å². The van der Waals surface area contributed by atoms with E-state index in [-0.39, 0.29) is 0 Å². The van der Waals surface area contributed by atoms with Gasteiger partial charge in [0, 0.05) is 17.4 Å². The first-order valence-corrected chi connectivity index (χ1v) is 8.21. The van der Waals surface area contributed by atoms with Crippen LogP contribution in [0.15, 0.2) is 54.6 Å². The fourth-order valence-electron chi connectivity index (χ4n) is 2.10. The second kappa shape index (κ2) is 9.81. The zero-order chi connectivity index (χ0) is 19.6. The van der Waals surface area contributed by atoms with E-state index in [0.29, 0.717) is 17.1 Å². The molecule has 2 rings (SSSR count). The molecule has 0 spiro atoms. The summed E-state index contributed by atoms with van der Waals surface area (Å²) in [4.78, 5) is 35.6. The number of urea groups is 1. The van der Waals surface area contributed by atoms with Crippen LogP contribution in [-0.4, -0.2) is 37.7 Å². The third kappa shape index (κ3) is 6.69. The summed E-state index contributed by atoms with van der Waals surface area (Å²) in [6, 6.07) is 14.1. The van der Waals surface area contributed by atoms with E-state index in [1.54, 1.807) is 48.5 Å².